The highest BCUT2D eigenvalue weighted by Gasteiger charge is 1.87. The fourth-order valence-electron chi connectivity index (χ4n) is 0.517. The zero-order valence-corrected chi connectivity index (χ0v) is 8.16. The van der Waals surface area contributed by atoms with Gasteiger partial charge in [0, 0.05) is 6.08 Å². The average molecular weight is 189 g/mol. The molecule has 0 amide bonds. The van der Waals surface area contributed by atoms with Gasteiger partial charge in [-0.2, -0.15) is 0 Å². The molecule has 78 valence electrons. The molecule has 0 saturated carbocycles. The molecular weight excluding hydrogens is 170 g/mol. The number of hydrogen-bond acceptors (Lipinski definition) is 4. The highest BCUT2D eigenvalue weighted by atomic mass is 16.6. The van der Waals surface area contributed by atoms with E-state index in [2.05, 4.69) is 18.2 Å². The largest absolute Gasteiger partial charge is 0.436 e. The van der Waals surface area contributed by atoms with Crippen LogP contribution in [0.2, 0.25) is 0 Å². The van der Waals surface area contributed by atoms with Crippen LogP contribution in [0.4, 0.5) is 0 Å². The van der Waals surface area contributed by atoms with E-state index < -0.39 is 12.8 Å². The first-order valence-corrected chi connectivity index (χ1v) is 4.33. The summed E-state index contributed by atoms with van der Waals surface area (Å²) in [6, 6.07) is 0. The molecule has 0 aliphatic heterocycles. The summed E-state index contributed by atoms with van der Waals surface area (Å²) in [5.41, 5.74) is 5.21. The van der Waals surface area contributed by atoms with Gasteiger partial charge < -0.3 is 15.6 Å². The minimum absolute atomic E-state index is 0.579. The van der Waals surface area contributed by atoms with Crippen molar-refractivity contribution < 1.29 is 14.6 Å². The van der Waals surface area contributed by atoms with Gasteiger partial charge in [-0.05, 0) is 13.0 Å². The molecule has 0 aromatic carbocycles. The van der Waals surface area contributed by atoms with Crippen LogP contribution in [0.5, 0.6) is 0 Å². The van der Waals surface area contributed by atoms with E-state index in [9.17, 15) is 4.79 Å². The van der Waals surface area contributed by atoms with Gasteiger partial charge in [-0.3, -0.25) is 0 Å². The molecule has 13 heavy (non-hydrogen) atoms. The van der Waals surface area contributed by atoms with Crippen LogP contribution in [-0.4, -0.2) is 24.4 Å². The summed E-state index contributed by atoms with van der Waals surface area (Å²) in [6.07, 6.45) is 4.74. The molecule has 0 bridgehead atoms. The number of carbonyl (C=O) groups excluding carboxylic acids is 1. The van der Waals surface area contributed by atoms with E-state index in [4.69, 9.17) is 10.8 Å². The number of carbonyl (C=O) groups is 1. The summed E-state index contributed by atoms with van der Waals surface area (Å²) in [6.45, 7) is 5.55. The summed E-state index contributed by atoms with van der Waals surface area (Å²) in [7, 11) is 0. The summed E-state index contributed by atoms with van der Waals surface area (Å²) in [5.74, 6) is -0.609. The van der Waals surface area contributed by atoms with Crippen LogP contribution >= 0.6 is 0 Å². The summed E-state index contributed by atoms with van der Waals surface area (Å²) < 4.78 is 3.99. The lowest BCUT2D eigenvalue weighted by Crippen LogP contribution is -1.99. The molecule has 0 aromatic rings. The van der Waals surface area contributed by atoms with Crippen molar-refractivity contribution in [2.75, 3.05) is 13.3 Å². The van der Waals surface area contributed by atoms with E-state index in [1.807, 2.05) is 0 Å². The predicted molar refractivity (Wildman–Crippen MR) is 52.0 cm³/mol. The fraction of sp³-hybridized carbons (Fsp3) is 0.667. The van der Waals surface area contributed by atoms with Crippen molar-refractivity contribution in [2.45, 2.75) is 26.2 Å². The number of rotatable bonds is 5. The third-order valence-corrected chi connectivity index (χ3v) is 1.18. The number of hydrogen-bond donors (Lipinski definition) is 2. The van der Waals surface area contributed by atoms with Gasteiger partial charge in [0.2, 0.25) is 0 Å². The van der Waals surface area contributed by atoms with Gasteiger partial charge in [-0.1, -0.05) is 26.3 Å². The molecule has 0 saturated heterocycles. The van der Waals surface area contributed by atoms with E-state index in [1.54, 1.807) is 0 Å². The standard InChI is InChI=1S/C5H13N.C4H6O3/c1-2-3-4-5-6;1-2-4(6)7-3-5/h2-6H2,1H3;2,5H,1,3H2. The second kappa shape index (κ2) is 13.7. The molecule has 0 atom stereocenters. The van der Waals surface area contributed by atoms with Crippen LogP contribution in [0, 0.1) is 0 Å². The van der Waals surface area contributed by atoms with Crippen LogP contribution in [0.25, 0.3) is 0 Å². The molecular formula is C9H19NO3. The van der Waals surface area contributed by atoms with E-state index >= 15 is 0 Å². The molecule has 0 heterocycles. The van der Waals surface area contributed by atoms with E-state index in [0.29, 0.717) is 0 Å². The molecule has 0 aliphatic carbocycles. The summed E-state index contributed by atoms with van der Waals surface area (Å²) in [4.78, 5) is 9.91. The van der Waals surface area contributed by atoms with E-state index in [1.165, 1.54) is 19.3 Å². The third-order valence-electron chi connectivity index (χ3n) is 1.18. The van der Waals surface area contributed by atoms with Gasteiger partial charge in [0.25, 0.3) is 0 Å². The Bertz CT molecular complexity index is 122. The van der Waals surface area contributed by atoms with Crippen LogP contribution in [0.1, 0.15) is 26.2 Å². The van der Waals surface area contributed by atoms with Crippen molar-refractivity contribution in [3.8, 4) is 0 Å². The Balaban J connectivity index is 0. The molecule has 0 aromatic heterocycles. The predicted octanol–water partition coefficient (Wildman–Crippen LogP) is 0.801. The van der Waals surface area contributed by atoms with Crippen molar-refractivity contribution in [1.29, 1.82) is 0 Å². The zero-order valence-electron chi connectivity index (χ0n) is 8.16. The van der Waals surface area contributed by atoms with Crippen molar-refractivity contribution in [2.24, 2.45) is 5.73 Å². The van der Waals surface area contributed by atoms with Crippen molar-refractivity contribution in [3.63, 3.8) is 0 Å². The third kappa shape index (κ3) is 18.2. The zero-order chi connectivity index (χ0) is 10.5. The van der Waals surface area contributed by atoms with Gasteiger partial charge in [0.05, 0.1) is 0 Å². The normalized spacial score (nSPS) is 8.23. The maximum Gasteiger partial charge on any atom is 0.332 e. The van der Waals surface area contributed by atoms with Gasteiger partial charge in [0.15, 0.2) is 6.79 Å². The highest BCUT2D eigenvalue weighted by Crippen LogP contribution is 1.88. The Kier molecular flexibility index (Phi) is 15.4. The Morgan fingerprint density at radius 1 is 1.62 bits per heavy atom. The van der Waals surface area contributed by atoms with Crippen molar-refractivity contribution in [3.05, 3.63) is 12.7 Å². The summed E-state index contributed by atoms with van der Waals surface area (Å²) >= 11 is 0. The quantitative estimate of drug-likeness (QED) is 0.290. The van der Waals surface area contributed by atoms with Crippen molar-refractivity contribution >= 4 is 5.97 Å². The maximum atomic E-state index is 9.91. The van der Waals surface area contributed by atoms with Crippen LogP contribution in [-0.2, 0) is 9.53 Å². The van der Waals surface area contributed by atoms with Gasteiger partial charge in [-0.25, -0.2) is 4.79 Å². The Morgan fingerprint density at radius 2 is 2.23 bits per heavy atom. The van der Waals surface area contributed by atoms with Crippen LogP contribution in [0.15, 0.2) is 12.7 Å². The number of nitrogens with two attached hydrogens (primary N) is 1. The number of unbranched alkanes of at least 4 members (excludes halogenated alkanes) is 2. The number of aliphatic hydroxyl groups excluding tert-OH is 1. The first-order chi connectivity index (χ1) is 6.22. The molecule has 4 heteroatoms. The second-order valence-electron chi connectivity index (χ2n) is 2.29. The molecule has 0 fully saturated rings. The van der Waals surface area contributed by atoms with Crippen LogP contribution in [0.3, 0.4) is 0 Å². The minimum Gasteiger partial charge on any atom is -0.436 e. The van der Waals surface area contributed by atoms with Crippen LogP contribution < -0.4 is 5.73 Å². The Hall–Kier alpha value is -0.870. The number of esters is 1. The fourth-order valence-corrected chi connectivity index (χ4v) is 0.517. The lowest BCUT2D eigenvalue weighted by atomic mass is 10.3. The topological polar surface area (TPSA) is 72.5 Å². The van der Waals surface area contributed by atoms with Gasteiger partial charge >= 0.3 is 5.97 Å². The first kappa shape index (κ1) is 14.6. The summed E-state index contributed by atoms with van der Waals surface area (Å²) in [5, 5.41) is 7.88. The monoisotopic (exact) mass is 189 g/mol. The first-order valence-electron chi connectivity index (χ1n) is 4.33. The molecule has 0 spiro atoms. The highest BCUT2D eigenvalue weighted by molar-refractivity contribution is 5.81. The van der Waals surface area contributed by atoms with E-state index in [-0.39, 0.29) is 0 Å². The van der Waals surface area contributed by atoms with Gasteiger partial charge in [-0.15, -0.1) is 0 Å². The molecule has 0 rings (SSSR count). The molecule has 3 N–H and O–H groups in total. The molecule has 0 unspecified atom stereocenters. The smallest absolute Gasteiger partial charge is 0.332 e. The van der Waals surface area contributed by atoms with E-state index in [0.717, 1.165) is 12.6 Å². The number of ether oxygens (including phenoxy) is 1. The average Bonchev–Trinajstić information content (AvgIpc) is 2.16. The molecule has 4 nitrogen and oxygen atoms in total. The van der Waals surface area contributed by atoms with Crippen molar-refractivity contribution in [1.82, 2.24) is 0 Å². The minimum atomic E-state index is -0.609. The van der Waals surface area contributed by atoms with Gasteiger partial charge in [0.1, 0.15) is 0 Å². The maximum absolute atomic E-state index is 9.91. The lowest BCUT2D eigenvalue weighted by molar-refractivity contribution is -0.145. The number of aliphatic hydroxyl groups is 1. The lowest BCUT2D eigenvalue weighted by Gasteiger charge is -1.89. The molecule has 0 radical (unpaired) electrons. The second-order valence-corrected chi connectivity index (χ2v) is 2.29. The molecule has 0 aliphatic rings. The Morgan fingerprint density at radius 3 is 2.38 bits per heavy atom. The Labute approximate surface area is 79.4 Å². The SMILES string of the molecule is C=CC(=O)OCO.CCCCCN.